The quantitative estimate of drug-likeness (QED) is 0.491. The molecule has 1 N–H and O–H groups in total. The lowest BCUT2D eigenvalue weighted by Gasteiger charge is -1.82. The van der Waals surface area contributed by atoms with E-state index in [-0.39, 0.29) is 5.91 Å². The van der Waals surface area contributed by atoms with Crippen LogP contribution in [0.4, 0.5) is 0 Å². The van der Waals surface area contributed by atoms with Crippen molar-refractivity contribution in [1.29, 1.82) is 0 Å². The maximum atomic E-state index is 9.95. The van der Waals surface area contributed by atoms with Gasteiger partial charge in [0.25, 0.3) is 0 Å². The first-order valence-corrected chi connectivity index (χ1v) is 2.94. The fourth-order valence-corrected chi connectivity index (χ4v) is 0.170. The molecular formula is C8H13NO2. The van der Waals surface area contributed by atoms with Crippen molar-refractivity contribution < 1.29 is 9.53 Å². The lowest BCUT2D eigenvalue weighted by Crippen LogP contribution is -2.13. The molecular weight excluding hydrogens is 142 g/mol. The third-order valence-corrected chi connectivity index (χ3v) is 0.624. The molecule has 0 bridgehead atoms. The summed E-state index contributed by atoms with van der Waals surface area (Å²) in [6.07, 6.45) is 3.85. The van der Waals surface area contributed by atoms with Crippen LogP contribution >= 0.6 is 0 Å². The second-order valence-corrected chi connectivity index (χ2v) is 1.29. The highest BCUT2D eigenvalue weighted by atomic mass is 16.5. The van der Waals surface area contributed by atoms with Gasteiger partial charge in [-0.15, -0.1) is 0 Å². The molecule has 0 spiro atoms. The molecule has 11 heavy (non-hydrogen) atoms. The molecule has 0 unspecified atom stereocenters. The van der Waals surface area contributed by atoms with Gasteiger partial charge < -0.3 is 10.1 Å². The van der Waals surface area contributed by atoms with E-state index in [0.29, 0.717) is 0 Å². The van der Waals surface area contributed by atoms with Crippen molar-refractivity contribution in [2.24, 2.45) is 0 Å². The number of ether oxygens (including phenoxy) is 1. The summed E-state index contributed by atoms with van der Waals surface area (Å²) in [5.41, 5.74) is 0. The minimum atomic E-state index is -0.144. The van der Waals surface area contributed by atoms with Gasteiger partial charge in [0.2, 0.25) is 5.91 Å². The molecule has 0 atom stereocenters. The van der Waals surface area contributed by atoms with Crippen molar-refractivity contribution in [2.75, 3.05) is 7.05 Å². The SMILES string of the molecule is C=CC(=O)NC.C=COC=C. The Morgan fingerprint density at radius 1 is 1.36 bits per heavy atom. The number of hydrogen-bond donors (Lipinski definition) is 1. The van der Waals surface area contributed by atoms with Gasteiger partial charge >= 0.3 is 0 Å². The maximum Gasteiger partial charge on any atom is 0.243 e. The van der Waals surface area contributed by atoms with E-state index < -0.39 is 0 Å². The average Bonchev–Trinajstić information content (AvgIpc) is 2.06. The Bertz CT molecular complexity index is 135. The zero-order chi connectivity index (χ0) is 9.11. The maximum absolute atomic E-state index is 9.95. The molecule has 0 rings (SSSR count). The van der Waals surface area contributed by atoms with Gasteiger partial charge in [-0.25, -0.2) is 0 Å². The Labute approximate surface area is 67.1 Å². The van der Waals surface area contributed by atoms with Crippen LogP contribution in [0.25, 0.3) is 0 Å². The molecule has 0 aliphatic heterocycles. The van der Waals surface area contributed by atoms with Gasteiger partial charge in [-0.05, 0) is 6.08 Å². The Hall–Kier alpha value is -1.51. The number of nitrogens with one attached hydrogen (secondary N) is 1. The van der Waals surface area contributed by atoms with Gasteiger partial charge in [-0.2, -0.15) is 0 Å². The Morgan fingerprint density at radius 3 is 1.82 bits per heavy atom. The second-order valence-electron chi connectivity index (χ2n) is 1.29. The van der Waals surface area contributed by atoms with Crippen molar-refractivity contribution in [2.45, 2.75) is 0 Å². The van der Waals surface area contributed by atoms with Gasteiger partial charge in [0.05, 0.1) is 12.5 Å². The number of carbonyl (C=O) groups is 1. The average molecular weight is 155 g/mol. The Balaban J connectivity index is 0. The van der Waals surface area contributed by atoms with Gasteiger partial charge in [-0.3, -0.25) is 4.79 Å². The summed E-state index contributed by atoms with van der Waals surface area (Å²) in [6.45, 7) is 9.73. The molecule has 0 aromatic carbocycles. The van der Waals surface area contributed by atoms with E-state index in [2.05, 4.69) is 29.8 Å². The highest BCUT2D eigenvalue weighted by Crippen LogP contribution is 1.65. The van der Waals surface area contributed by atoms with Crippen molar-refractivity contribution in [3.8, 4) is 0 Å². The molecule has 0 saturated heterocycles. The zero-order valence-electron chi connectivity index (χ0n) is 6.67. The number of amides is 1. The molecule has 1 amide bonds. The molecule has 3 nitrogen and oxygen atoms in total. The summed E-state index contributed by atoms with van der Waals surface area (Å²) < 4.78 is 4.36. The molecule has 3 heteroatoms. The molecule has 0 aromatic rings. The second kappa shape index (κ2) is 11.3. The lowest BCUT2D eigenvalue weighted by atomic mass is 10.6. The van der Waals surface area contributed by atoms with Crippen molar-refractivity contribution in [3.05, 3.63) is 38.3 Å². The van der Waals surface area contributed by atoms with Gasteiger partial charge in [-0.1, -0.05) is 19.7 Å². The third kappa shape index (κ3) is 17.7. The lowest BCUT2D eigenvalue weighted by molar-refractivity contribution is -0.116. The molecule has 0 heterocycles. The Morgan fingerprint density at radius 2 is 1.82 bits per heavy atom. The largest absolute Gasteiger partial charge is 0.474 e. The van der Waals surface area contributed by atoms with Crippen LogP contribution in [0, 0.1) is 0 Å². The summed E-state index contributed by atoms with van der Waals surface area (Å²) in [5.74, 6) is -0.144. The zero-order valence-corrected chi connectivity index (χ0v) is 6.67. The predicted octanol–water partition coefficient (Wildman–Crippen LogP) is 1.21. The fourth-order valence-electron chi connectivity index (χ4n) is 0.170. The smallest absolute Gasteiger partial charge is 0.243 e. The molecule has 0 saturated carbocycles. The van der Waals surface area contributed by atoms with Crippen LogP contribution in [0.15, 0.2) is 38.3 Å². The summed E-state index contributed by atoms with van der Waals surface area (Å²) in [5, 5.41) is 2.36. The monoisotopic (exact) mass is 155 g/mol. The van der Waals surface area contributed by atoms with E-state index in [1.165, 1.54) is 18.6 Å². The van der Waals surface area contributed by atoms with E-state index >= 15 is 0 Å². The van der Waals surface area contributed by atoms with Crippen molar-refractivity contribution in [1.82, 2.24) is 5.32 Å². The van der Waals surface area contributed by atoms with Gasteiger partial charge in [0.1, 0.15) is 0 Å². The minimum Gasteiger partial charge on any atom is -0.474 e. The summed E-state index contributed by atoms with van der Waals surface area (Å²) in [6, 6.07) is 0. The van der Waals surface area contributed by atoms with E-state index in [1.54, 1.807) is 7.05 Å². The standard InChI is InChI=1S/C4H7NO.C4H6O/c1-3-4(6)5-2;1-3-5-4-2/h3H,1H2,2H3,(H,5,6);3-4H,1-2H2. The van der Waals surface area contributed by atoms with Crippen LogP contribution in [0.3, 0.4) is 0 Å². The van der Waals surface area contributed by atoms with Crippen molar-refractivity contribution in [3.63, 3.8) is 0 Å². The number of rotatable bonds is 3. The van der Waals surface area contributed by atoms with Gasteiger partial charge in [0, 0.05) is 7.05 Å². The predicted molar refractivity (Wildman–Crippen MR) is 45.7 cm³/mol. The molecule has 0 aliphatic rings. The molecule has 62 valence electrons. The summed E-state index contributed by atoms with van der Waals surface area (Å²) >= 11 is 0. The van der Waals surface area contributed by atoms with Crippen LogP contribution < -0.4 is 5.32 Å². The van der Waals surface area contributed by atoms with E-state index in [1.807, 2.05) is 0 Å². The molecule has 0 aliphatic carbocycles. The first-order valence-electron chi connectivity index (χ1n) is 2.94. The first-order chi connectivity index (χ1) is 5.22. The van der Waals surface area contributed by atoms with Crippen LogP contribution in [-0.4, -0.2) is 13.0 Å². The first kappa shape index (κ1) is 12.2. The number of likely N-dealkylation sites (N-methyl/N-ethyl adjacent to an activating group) is 1. The highest BCUT2D eigenvalue weighted by molar-refractivity contribution is 5.86. The van der Waals surface area contributed by atoms with Crippen LogP contribution in [0.5, 0.6) is 0 Å². The fraction of sp³-hybridized carbons (Fsp3) is 0.125. The van der Waals surface area contributed by atoms with E-state index in [0.717, 1.165) is 0 Å². The summed E-state index contributed by atoms with van der Waals surface area (Å²) in [7, 11) is 1.56. The Kier molecular flexibility index (Phi) is 12.5. The normalized spacial score (nSPS) is 6.27. The van der Waals surface area contributed by atoms with Gasteiger partial charge in [0.15, 0.2) is 0 Å². The van der Waals surface area contributed by atoms with E-state index in [9.17, 15) is 4.79 Å². The summed E-state index contributed by atoms with van der Waals surface area (Å²) in [4.78, 5) is 9.95. The molecule has 0 aromatic heterocycles. The van der Waals surface area contributed by atoms with E-state index in [4.69, 9.17) is 0 Å². The number of hydrogen-bond acceptors (Lipinski definition) is 2. The minimum absolute atomic E-state index is 0.144. The highest BCUT2D eigenvalue weighted by Gasteiger charge is 1.78. The van der Waals surface area contributed by atoms with Crippen LogP contribution in [-0.2, 0) is 9.53 Å². The molecule has 0 fully saturated rings. The number of carbonyl (C=O) groups excluding carboxylic acids is 1. The third-order valence-electron chi connectivity index (χ3n) is 0.624. The van der Waals surface area contributed by atoms with Crippen LogP contribution in [0.2, 0.25) is 0 Å². The van der Waals surface area contributed by atoms with Crippen molar-refractivity contribution >= 4 is 5.91 Å². The molecule has 0 radical (unpaired) electrons. The topological polar surface area (TPSA) is 38.3 Å². The van der Waals surface area contributed by atoms with Crippen LogP contribution in [0.1, 0.15) is 0 Å².